The van der Waals surface area contributed by atoms with E-state index >= 15 is 0 Å². The highest BCUT2D eigenvalue weighted by molar-refractivity contribution is 7.13. The molecule has 0 aliphatic heterocycles. The largest absolute Gasteiger partial charge is 0.369 e. The molecule has 3 aromatic rings. The Labute approximate surface area is 147 Å². The number of nitrogens with two attached hydrogens (primary N) is 1. The van der Waals surface area contributed by atoms with Crippen molar-refractivity contribution >= 4 is 34.1 Å². The van der Waals surface area contributed by atoms with Gasteiger partial charge in [0.05, 0.1) is 12.1 Å². The Kier molecular flexibility index (Phi) is 4.70. The first-order chi connectivity index (χ1) is 11.9. The molecule has 0 unspecified atom stereocenters. The fourth-order valence-electron chi connectivity index (χ4n) is 2.56. The standard InChI is InChI=1S/C15H17N7O2S/c1-8-11(9(2)22-14(19-8)17-7-18-22)3-4-13(24)21-15-20-10(6-25-15)5-12(16)23/h6-7H,3-5H2,1-2H3,(H2,16,23)(H,20,21,24). The van der Waals surface area contributed by atoms with Crippen molar-refractivity contribution in [3.63, 3.8) is 0 Å². The minimum Gasteiger partial charge on any atom is -0.369 e. The molecule has 2 amide bonds. The van der Waals surface area contributed by atoms with E-state index in [1.807, 2.05) is 13.8 Å². The van der Waals surface area contributed by atoms with E-state index in [0.717, 1.165) is 17.0 Å². The maximum atomic E-state index is 12.2. The summed E-state index contributed by atoms with van der Waals surface area (Å²) in [6.45, 7) is 3.83. The molecule has 0 aliphatic rings. The van der Waals surface area contributed by atoms with E-state index in [-0.39, 0.29) is 18.7 Å². The number of amides is 2. The molecule has 3 rings (SSSR count). The van der Waals surface area contributed by atoms with E-state index in [9.17, 15) is 9.59 Å². The highest BCUT2D eigenvalue weighted by Crippen LogP contribution is 2.18. The highest BCUT2D eigenvalue weighted by atomic mass is 32.1. The van der Waals surface area contributed by atoms with E-state index in [0.29, 0.717) is 23.0 Å². The molecule has 3 aromatic heterocycles. The number of anilines is 1. The summed E-state index contributed by atoms with van der Waals surface area (Å²) in [6.07, 6.45) is 2.34. The summed E-state index contributed by atoms with van der Waals surface area (Å²) in [7, 11) is 0. The van der Waals surface area contributed by atoms with Gasteiger partial charge in [-0.25, -0.2) is 14.5 Å². The van der Waals surface area contributed by atoms with Crippen LogP contribution in [0.1, 0.15) is 29.1 Å². The third-order valence-electron chi connectivity index (χ3n) is 3.74. The van der Waals surface area contributed by atoms with E-state index in [1.165, 1.54) is 17.7 Å². The molecule has 0 aliphatic carbocycles. The lowest BCUT2D eigenvalue weighted by Gasteiger charge is -2.10. The van der Waals surface area contributed by atoms with E-state index < -0.39 is 5.91 Å². The molecule has 0 atom stereocenters. The van der Waals surface area contributed by atoms with Crippen molar-refractivity contribution < 1.29 is 9.59 Å². The van der Waals surface area contributed by atoms with Crippen molar-refractivity contribution in [2.45, 2.75) is 33.1 Å². The van der Waals surface area contributed by atoms with Crippen LogP contribution in [0.15, 0.2) is 11.7 Å². The number of nitrogens with zero attached hydrogens (tertiary/aromatic N) is 5. The van der Waals surface area contributed by atoms with Gasteiger partial charge in [0.2, 0.25) is 11.8 Å². The van der Waals surface area contributed by atoms with Crippen molar-refractivity contribution in [3.8, 4) is 0 Å². The fraction of sp³-hybridized carbons (Fsp3) is 0.333. The molecular weight excluding hydrogens is 342 g/mol. The van der Waals surface area contributed by atoms with Gasteiger partial charge in [0.25, 0.3) is 5.78 Å². The second-order valence-corrected chi connectivity index (χ2v) is 6.43. The minimum absolute atomic E-state index is 0.0638. The molecule has 0 fully saturated rings. The number of hydrogen-bond donors (Lipinski definition) is 2. The number of nitrogens with one attached hydrogen (secondary N) is 1. The highest BCUT2D eigenvalue weighted by Gasteiger charge is 2.13. The average Bonchev–Trinajstić information content (AvgIpc) is 3.15. The zero-order valence-corrected chi connectivity index (χ0v) is 14.6. The molecule has 10 heteroatoms. The first kappa shape index (κ1) is 17.0. The fourth-order valence-corrected chi connectivity index (χ4v) is 3.29. The number of rotatable bonds is 6. The van der Waals surface area contributed by atoms with Gasteiger partial charge >= 0.3 is 0 Å². The zero-order chi connectivity index (χ0) is 18.0. The maximum absolute atomic E-state index is 12.2. The molecule has 0 bridgehead atoms. The normalized spacial score (nSPS) is 11.0. The van der Waals surface area contributed by atoms with Crippen LogP contribution in [0.3, 0.4) is 0 Å². The van der Waals surface area contributed by atoms with Crippen molar-refractivity contribution in [3.05, 3.63) is 34.4 Å². The Hall–Kier alpha value is -2.88. The lowest BCUT2D eigenvalue weighted by atomic mass is 10.1. The van der Waals surface area contributed by atoms with Gasteiger partial charge in [-0.15, -0.1) is 11.3 Å². The topological polar surface area (TPSA) is 128 Å². The number of carbonyl (C=O) groups excluding carboxylic acids is 2. The van der Waals surface area contributed by atoms with E-state index in [4.69, 9.17) is 5.73 Å². The predicted octanol–water partition coefficient (Wildman–Crippen LogP) is 0.797. The smallest absolute Gasteiger partial charge is 0.252 e. The number of thiazole rings is 1. The molecule has 130 valence electrons. The van der Waals surface area contributed by atoms with Crippen LogP contribution in [0, 0.1) is 13.8 Å². The Morgan fingerprint density at radius 3 is 2.88 bits per heavy atom. The van der Waals surface area contributed by atoms with Crippen LogP contribution < -0.4 is 11.1 Å². The minimum atomic E-state index is -0.454. The van der Waals surface area contributed by atoms with Crippen LogP contribution in [0.25, 0.3) is 5.78 Å². The lowest BCUT2D eigenvalue weighted by molar-refractivity contribution is -0.117. The summed E-state index contributed by atoms with van der Waals surface area (Å²) < 4.78 is 1.66. The monoisotopic (exact) mass is 359 g/mol. The van der Waals surface area contributed by atoms with Crippen molar-refractivity contribution in [1.82, 2.24) is 24.6 Å². The summed E-state index contributed by atoms with van der Waals surface area (Å²) in [5, 5.41) is 9.04. The molecule has 25 heavy (non-hydrogen) atoms. The van der Waals surface area contributed by atoms with Crippen LogP contribution in [-0.2, 0) is 22.4 Å². The predicted molar refractivity (Wildman–Crippen MR) is 92.2 cm³/mol. The first-order valence-electron chi connectivity index (χ1n) is 7.62. The maximum Gasteiger partial charge on any atom is 0.252 e. The second kappa shape index (κ2) is 6.93. The molecule has 0 saturated heterocycles. The van der Waals surface area contributed by atoms with Gasteiger partial charge in [0, 0.05) is 23.2 Å². The van der Waals surface area contributed by atoms with Crippen molar-refractivity contribution in [1.29, 1.82) is 0 Å². The van der Waals surface area contributed by atoms with Crippen molar-refractivity contribution in [2.75, 3.05) is 5.32 Å². The Balaban J connectivity index is 1.64. The van der Waals surface area contributed by atoms with Gasteiger partial charge in [-0.05, 0) is 25.8 Å². The number of primary amides is 1. The van der Waals surface area contributed by atoms with Crippen LogP contribution in [-0.4, -0.2) is 36.4 Å². The number of fused-ring (bicyclic) bond motifs is 1. The summed E-state index contributed by atoms with van der Waals surface area (Å²) in [4.78, 5) is 35.7. The zero-order valence-electron chi connectivity index (χ0n) is 13.8. The van der Waals surface area contributed by atoms with Gasteiger partial charge < -0.3 is 11.1 Å². The molecule has 3 N–H and O–H groups in total. The molecule has 0 radical (unpaired) electrons. The number of hydrogen-bond acceptors (Lipinski definition) is 7. The number of aromatic nitrogens is 5. The first-order valence-corrected chi connectivity index (χ1v) is 8.50. The second-order valence-electron chi connectivity index (χ2n) is 5.57. The Morgan fingerprint density at radius 1 is 1.32 bits per heavy atom. The Bertz CT molecular complexity index is 947. The van der Waals surface area contributed by atoms with Crippen LogP contribution >= 0.6 is 11.3 Å². The summed E-state index contributed by atoms with van der Waals surface area (Å²) in [6, 6.07) is 0. The van der Waals surface area contributed by atoms with E-state index in [2.05, 4.69) is 25.4 Å². The third-order valence-corrected chi connectivity index (χ3v) is 4.55. The number of aryl methyl sites for hydroxylation is 2. The molecular formula is C15H17N7O2S. The van der Waals surface area contributed by atoms with Crippen LogP contribution in [0.2, 0.25) is 0 Å². The number of carbonyl (C=O) groups is 2. The lowest BCUT2D eigenvalue weighted by Crippen LogP contribution is -2.15. The molecule has 9 nitrogen and oxygen atoms in total. The van der Waals surface area contributed by atoms with Gasteiger partial charge in [0.15, 0.2) is 5.13 Å². The third kappa shape index (κ3) is 3.79. The van der Waals surface area contributed by atoms with Crippen molar-refractivity contribution in [2.24, 2.45) is 5.73 Å². The molecule has 0 aromatic carbocycles. The Morgan fingerprint density at radius 2 is 2.12 bits per heavy atom. The van der Waals surface area contributed by atoms with Crippen LogP contribution in [0.4, 0.5) is 5.13 Å². The quantitative estimate of drug-likeness (QED) is 0.670. The SMILES string of the molecule is Cc1nc2ncnn2c(C)c1CCC(=O)Nc1nc(CC(N)=O)cs1. The van der Waals surface area contributed by atoms with Gasteiger partial charge in [-0.1, -0.05) is 0 Å². The van der Waals surface area contributed by atoms with Gasteiger partial charge in [0.1, 0.15) is 6.33 Å². The molecule has 0 saturated carbocycles. The average molecular weight is 359 g/mol. The van der Waals surface area contributed by atoms with E-state index in [1.54, 1.807) is 9.90 Å². The van der Waals surface area contributed by atoms with Crippen LogP contribution in [0.5, 0.6) is 0 Å². The van der Waals surface area contributed by atoms with Gasteiger partial charge in [-0.2, -0.15) is 10.1 Å². The summed E-state index contributed by atoms with van der Waals surface area (Å²) in [5.74, 6) is -0.0597. The molecule has 3 heterocycles. The summed E-state index contributed by atoms with van der Waals surface area (Å²) >= 11 is 1.27. The molecule has 0 spiro atoms. The summed E-state index contributed by atoms with van der Waals surface area (Å²) in [5.41, 5.74) is 8.42. The van der Waals surface area contributed by atoms with Gasteiger partial charge in [-0.3, -0.25) is 9.59 Å².